The molecule has 0 radical (unpaired) electrons. The van der Waals surface area contributed by atoms with Gasteiger partial charge in [0.15, 0.2) is 0 Å². The van der Waals surface area contributed by atoms with Gasteiger partial charge < -0.3 is 10.2 Å². The summed E-state index contributed by atoms with van der Waals surface area (Å²) in [6.07, 6.45) is 6.02. The smallest absolute Gasteiger partial charge is 0.254 e. The average Bonchev–Trinajstić information content (AvgIpc) is 3.37. The molecule has 0 spiro atoms. The van der Waals surface area contributed by atoms with E-state index in [0.717, 1.165) is 17.3 Å². The van der Waals surface area contributed by atoms with Crippen molar-refractivity contribution in [3.05, 3.63) is 59.8 Å². The molecular formula is C20H18FN7O. The first-order valence-electron chi connectivity index (χ1n) is 9.11. The molecule has 1 saturated heterocycles. The van der Waals surface area contributed by atoms with Gasteiger partial charge in [0, 0.05) is 44.1 Å². The zero-order chi connectivity index (χ0) is 20.4. The molecule has 1 atom stereocenters. The minimum Gasteiger partial charge on any atom is -0.347 e. The van der Waals surface area contributed by atoms with E-state index in [0.29, 0.717) is 25.5 Å². The van der Waals surface area contributed by atoms with Gasteiger partial charge in [-0.1, -0.05) is 0 Å². The molecule has 3 aromatic rings. The first kappa shape index (κ1) is 18.6. The van der Waals surface area contributed by atoms with Crippen molar-refractivity contribution in [3.8, 4) is 17.3 Å². The number of aromatic nitrogens is 4. The third-order valence-electron chi connectivity index (χ3n) is 4.79. The van der Waals surface area contributed by atoms with E-state index in [4.69, 9.17) is 5.26 Å². The van der Waals surface area contributed by atoms with Crippen molar-refractivity contribution in [2.24, 2.45) is 7.05 Å². The van der Waals surface area contributed by atoms with Gasteiger partial charge in [-0.25, -0.2) is 14.4 Å². The molecule has 1 unspecified atom stereocenters. The van der Waals surface area contributed by atoms with Crippen LogP contribution in [0.2, 0.25) is 0 Å². The Balaban J connectivity index is 1.43. The molecule has 1 aromatic carbocycles. The van der Waals surface area contributed by atoms with Crippen molar-refractivity contribution < 1.29 is 9.18 Å². The molecule has 1 N–H and O–H groups in total. The number of halogens is 1. The molecule has 1 amide bonds. The first-order valence-corrected chi connectivity index (χ1v) is 9.11. The fourth-order valence-electron chi connectivity index (χ4n) is 3.31. The van der Waals surface area contributed by atoms with Gasteiger partial charge in [0.1, 0.15) is 5.82 Å². The standard InChI is InChI=1S/C20H18FN7O/c1-27-11-14(10-24-27)18-4-6-23-20(26-18)28-7-5-15(12-28)25-19(29)16-3-2-13(9-22)8-17(16)21/h2-4,6,8,10-11,15H,5,7,12H2,1H3,(H,25,29). The fraction of sp³-hybridized carbons (Fsp3) is 0.250. The van der Waals surface area contributed by atoms with Crippen molar-refractivity contribution in [1.29, 1.82) is 5.26 Å². The number of nitrogens with one attached hydrogen (secondary N) is 1. The zero-order valence-corrected chi connectivity index (χ0v) is 15.7. The Morgan fingerprint density at radius 1 is 1.38 bits per heavy atom. The van der Waals surface area contributed by atoms with E-state index in [-0.39, 0.29) is 17.2 Å². The van der Waals surface area contributed by atoms with Crippen LogP contribution in [0.15, 0.2) is 42.9 Å². The van der Waals surface area contributed by atoms with Crippen LogP contribution in [-0.4, -0.2) is 44.8 Å². The van der Waals surface area contributed by atoms with Crippen LogP contribution in [0.3, 0.4) is 0 Å². The number of nitrogens with zero attached hydrogens (tertiary/aromatic N) is 6. The number of hydrogen-bond donors (Lipinski definition) is 1. The molecule has 1 fully saturated rings. The second-order valence-electron chi connectivity index (χ2n) is 6.86. The highest BCUT2D eigenvalue weighted by atomic mass is 19.1. The van der Waals surface area contributed by atoms with Crippen LogP contribution < -0.4 is 10.2 Å². The summed E-state index contributed by atoms with van der Waals surface area (Å²) < 4.78 is 15.8. The van der Waals surface area contributed by atoms with Gasteiger partial charge in [-0.05, 0) is 30.7 Å². The lowest BCUT2D eigenvalue weighted by Gasteiger charge is -2.17. The maximum Gasteiger partial charge on any atom is 0.254 e. The van der Waals surface area contributed by atoms with E-state index in [9.17, 15) is 9.18 Å². The number of hydrogen-bond acceptors (Lipinski definition) is 6. The van der Waals surface area contributed by atoms with Gasteiger partial charge in [-0.2, -0.15) is 10.4 Å². The highest BCUT2D eigenvalue weighted by Gasteiger charge is 2.27. The van der Waals surface area contributed by atoms with E-state index < -0.39 is 11.7 Å². The second kappa shape index (κ2) is 7.67. The summed E-state index contributed by atoms with van der Waals surface area (Å²) >= 11 is 0. The SMILES string of the molecule is Cn1cc(-c2ccnc(N3CCC(NC(=O)c4ccc(C#N)cc4F)C3)n2)cn1. The Hall–Kier alpha value is -3.80. The van der Waals surface area contributed by atoms with Crippen molar-refractivity contribution in [2.45, 2.75) is 12.5 Å². The van der Waals surface area contributed by atoms with E-state index >= 15 is 0 Å². The minimum atomic E-state index is -0.705. The zero-order valence-electron chi connectivity index (χ0n) is 15.7. The molecular weight excluding hydrogens is 373 g/mol. The number of rotatable bonds is 4. The lowest BCUT2D eigenvalue weighted by molar-refractivity contribution is 0.0936. The summed E-state index contributed by atoms with van der Waals surface area (Å²) in [5.41, 5.74) is 1.78. The normalized spacial score (nSPS) is 15.9. The molecule has 0 aliphatic carbocycles. The number of carbonyl (C=O) groups is 1. The Morgan fingerprint density at radius 3 is 2.97 bits per heavy atom. The molecule has 3 heterocycles. The van der Waals surface area contributed by atoms with Gasteiger partial charge in [-0.3, -0.25) is 9.48 Å². The van der Waals surface area contributed by atoms with E-state index in [2.05, 4.69) is 20.4 Å². The van der Waals surface area contributed by atoms with E-state index in [1.54, 1.807) is 17.1 Å². The molecule has 0 saturated carbocycles. The fourth-order valence-corrected chi connectivity index (χ4v) is 3.31. The highest BCUT2D eigenvalue weighted by Crippen LogP contribution is 2.21. The minimum absolute atomic E-state index is 0.0720. The van der Waals surface area contributed by atoms with E-state index in [1.165, 1.54) is 12.1 Å². The quantitative estimate of drug-likeness (QED) is 0.729. The van der Waals surface area contributed by atoms with Gasteiger partial charge >= 0.3 is 0 Å². The molecule has 4 rings (SSSR count). The molecule has 8 nitrogen and oxygen atoms in total. The number of anilines is 1. The molecule has 9 heteroatoms. The Bertz CT molecular complexity index is 1100. The summed E-state index contributed by atoms with van der Waals surface area (Å²) in [6.45, 7) is 1.21. The molecule has 146 valence electrons. The van der Waals surface area contributed by atoms with E-state index in [1.807, 2.05) is 30.3 Å². The number of amides is 1. The van der Waals surface area contributed by atoms with Crippen molar-refractivity contribution in [3.63, 3.8) is 0 Å². The van der Waals surface area contributed by atoms with Gasteiger partial charge in [0.05, 0.1) is 29.1 Å². The molecule has 29 heavy (non-hydrogen) atoms. The highest BCUT2D eigenvalue weighted by molar-refractivity contribution is 5.94. The average molecular weight is 391 g/mol. The Morgan fingerprint density at radius 2 is 2.24 bits per heavy atom. The predicted octanol–water partition coefficient (Wildman–Crippen LogP) is 1.90. The van der Waals surface area contributed by atoms with Crippen LogP contribution in [0.5, 0.6) is 0 Å². The maximum absolute atomic E-state index is 14.1. The number of nitriles is 1. The third kappa shape index (κ3) is 3.91. The predicted molar refractivity (Wildman–Crippen MR) is 103 cm³/mol. The van der Waals surface area contributed by atoms with Crippen LogP contribution in [0, 0.1) is 17.1 Å². The van der Waals surface area contributed by atoms with Crippen LogP contribution in [0.25, 0.3) is 11.3 Å². The lowest BCUT2D eigenvalue weighted by Crippen LogP contribution is -2.37. The Labute approximate surface area is 166 Å². The molecule has 2 aromatic heterocycles. The number of benzene rings is 1. The largest absolute Gasteiger partial charge is 0.347 e. The van der Waals surface area contributed by atoms with Crippen LogP contribution >= 0.6 is 0 Å². The lowest BCUT2D eigenvalue weighted by atomic mass is 10.1. The van der Waals surface area contributed by atoms with Crippen LogP contribution in [0.1, 0.15) is 22.3 Å². The molecule has 0 bridgehead atoms. The molecule has 1 aliphatic rings. The summed E-state index contributed by atoms with van der Waals surface area (Å²) in [7, 11) is 1.84. The second-order valence-corrected chi connectivity index (χ2v) is 6.86. The third-order valence-corrected chi connectivity index (χ3v) is 4.79. The van der Waals surface area contributed by atoms with Crippen LogP contribution in [0.4, 0.5) is 10.3 Å². The van der Waals surface area contributed by atoms with Gasteiger partial charge in [0.2, 0.25) is 5.95 Å². The molecule has 1 aliphatic heterocycles. The van der Waals surface area contributed by atoms with Crippen molar-refractivity contribution in [1.82, 2.24) is 25.1 Å². The first-order chi connectivity index (χ1) is 14.0. The maximum atomic E-state index is 14.1. The summed E-state index contributed by atoms with van der Waals surface area (Å²) in [5, 5.41) is 15.8. The monoisotopic (exact) mass is 391 g/mol. The summed E-state index contributed by atoms with van der Waals surface area (Å²) in [5.74, 6) is -0.625. The van der Waals surface area contributed by atoms with Crippen molar-refractivity contribution in [2.75, 3.05) is 18.0 Å². The van der Waals surface area contributed by atoms with Gasteiger partial charge in [-0.15, -0.1) is 0 Å². The van der Waals surface area contributed by atoms with Crippen molar-refractivity contribution >= 4 is 11.9 Å². The number of carbonyl (C=O) groups excluding carboxylic acids is 1. The summed E-state index contributed by atoms with van der Waals surface area (Å²) in [6, 6.07) is 7.34. The van der Waals surface area contributed by atoms with Gasteiger partial charge in [0.25, 0.3) is 5.91 Å². The number of aryl methyl sites for hydroxylation is 1. The topological polar surface area (TPSA) is 99.7 Å². The van der Waals surface area contributed by atoms with Crippen LogP contribution in [-0.2, 0) is 7.05 Å². The Kier molecular flexibility index (Phi) is 4.91. The summed E-state index contributed by atoms with van der Waals surface area (Å²) in [4.78, 5) is 23.3.